The molecule has 0 aliphatic heterocycles. The Balaban J connectivity index is 1.61. The molecule has 7 heteroatoms. The van der Waals surface area contributed by atoms with Crippen molar-refractivity contribution in [2.24, 2.45) is 0 Å². The van der Waals surface area contributed by atoms with Gasteiger partial charge < -0.3 is 15.0 Å². The maximum absolute atomic E-state index is 12.3. The van der Waals surface area contributed by atoms with Gasteiger partial charge in [0.25, 0.3) is 0 Å². The molecule has 0 spiro atoms. The molecule has 7 nitrogen and oxygen atoms in total. The Bertz CT molecular complexity index is 864. The lowest BCUT2D eigenvalue weighted by molar-refractivity contribution is 0.0473. The van der Waals surface area contributed by atoms with Crippen LogP contribution in [0.5, 0.6) is 0 Å². The quantitative estimate of drug-likeness (QED) is 0.585. The first kappa shape index (κ1) is 17.8. The van der Waals surface area contributed by atoms with Crippen LogP contribution >= 0.6 is 0 Å². The molecule has 2 aromatic rings. The van der Waals surface area contributed by atoms with Gasteiger partial charge >= 0.3 is 5.97 Å². The first-order valence-corrected chi connectivity index (χ1v) is 8.50. The van der Waals surface area contributed by atoms with Gasteiger partial charge in [-0.1, -0.05) is 0 Å². The summed E-state index contributed by atoms with van der Waals surface area (Å²) < 4.78 is 5.09. The number of ketones is 2. The summed E-state index contributed by atoms with van der Waals surface area (Å²) in [6.07, 6.45) is 3.70. The van der Waals surface area contributed by atoms with Gasteiger partial charge in [-0.3, -0.25) is 9.59 Å². The molecule has 1 aliphatic rings. The first-order chi connectivity index (χ1) is 12.4. The highest BCUT2D eigenvalue weighted by molar-refractivity contribution is 6.04. The van der Waals surface area contributed by atoms with E-state index in [9.17, 15) is 14.4 Å². The molecule has 26 heavy (non-hydrogen) atoms. The number of Topliss-reactive ketones (excluding diaryl/α,β-unsaturated/α-hetero) is 2. The second-order valence-corrected chi connectivity index (χ2v) is 6.53. The molecule has 136 valence electrons. The normalized spacial score (nSPS) is 13.3. The topological polar surface area (TPSA) is 101 Å². The van der Waals surface area contributed by atoms with E-state index in [0.29, 0.717) is 28.6 Å². The molecule has 2 N–H and O–H groups in total. The summed E-state index contributed by atoms with van der Waals surface area (Å²) in [5, 5.41) is 3.23. The van der Waals surface area contributed by atoms with Crippen molar-refractivity contribution in [3.05, 3.63) is 46.4 Å². The number of hydrogen-bond acceptors (Lipinski definition) is 6. The van der Waals surface area contributed by atoms with E-state index < -0.39 is 12.6 Å². The zero-order valence-electron chi connectivity index (χ0n) is 15.0. The number of pyridine rings is 1. The van der Waals surface area contributed by atoms with Crippen molar-refractivity contribution in [1.82, 2.24) is 9.97 Å². The summed E-state index contributed by atoms with van der Waals surface area (Å²) in [5.74, 6) is -0.393. The molecular formula is C19H21N3O4. The van der Waals surface area contributed by atoms with Gasteiger partial charge in [-0.2, -0.15) is 0 Å². The maximum atomic E-state index is 12.3. The van der Waals surface area contributed by atoms with Crippen molar-refractivity contribution in [3.63, 3.8) is 0 Å². The molecule has 0 bridgehead atoms. The van der Waals surface area contributed by atoms with Crippen LogP contribution in [0.3, 0.4) is 0 Å². The van der Waals surface area contributed by atoms with E-state index in [4.69, 9.17) is 4.74 Å². The average molecular weight is 355 g/mol. The smallest absolute Gasteiger partial charge is 0.340 e. The number of aromatic nitrogens is 2. The van der Waals surface area contributed by atoms with Crippen molar-refractivity contribution >= 4 is 23.4 Å². The Kier molecular flexibility index (Phi) is 4.88. The van der Waals surface area contributed by atoms with Gasteiger partial charge in [-0.25, -0.2) is 9.78 Å². The molecule has 2 aromatic heterocycles. The predicted octanol–water partition coefficient (Wildman–Crippen LogP) is 2.84. The van der Waals surface area contributed by atoms with Crippen LogP contribution in [0.2, 0.25) is 0 Å². The number of aryl methyl sites for hydroxylation is 1. The number of nitrogens with zero attached hydrogens (tertiary/aromatic N) is 1. The van der Waals surface area contributed by atoms with Crippen LogP contribution in [0, 0.1) is 13.8 Å². The van der Waals surface area contributed by atoms with E-state index in [1.54, 1.807) is 26.0 Å². The van der Waals surface area contributed by atoms with E-state index in [-0.39, 0.29) is 17.1 Å². The molecule has 0 unspecified atom stereocenters. The highest BCUT2D eigenvalue weighted by Crippen LogP contribution is 2.23. The van der Waals surface area contributed by atoms with Crippen LogP contribution < -0.4 is 5.32 Å². The Morgan fingerprint density at radius 2 is 2.00 bits per heavy atom. The fourth-order valence-electron chi connectivity index (χ4n) is 2.88. The minimum Gasteiger partial charge on any atom is -0.454 e. The molecule has 0 saturated heterocycles. The van der Waals surface area contributed by atoms with Crippen LogP contribution in [0.25, 0.3) is 0 Å². The number of carbonyl (C=O) groups excluding carboxylic acids is 3. The van der Waals surface area contributed by atoms with Crippen LogP contribution in [0.4, 0.5) is 5.82 Å². The number of anilines is 1. The van der Waals surface area contributed by atoms with Crippen molar-refractivity contribution in [2.75, 3.05) is 11.9 Å². The largest absolute Gasteiger partial charge is 0.454 e. The number of nitrogens with one attached hydrogen (secondary N) is 2. The van der Waals surface area contributed by atoms with Crippen molar-refractivity contribution in [1.29, 1.82) is 0 Å². The van der Waals surface area contributed by atoms with Gasteiger partial charge in [0, 0.05) is 23.5 Å². The third kappa shape index (κ3) is 3.82. The van der Waals surface area contributed by atoms with Gasteiger partial charge in [0.05, 0.1) is 11.3 Å². The average Bonchev–Trinajstić information content (AvgIpc) is 3.36. The molecular weight excluding hydrogens is 334 g/mol. The van der Waals surface area contributed by atoms with Crippen LogP contribution in [-0.2, 0) is 4.74 Å². The Morgan fingerprint density at radius 1 is 1.27 bits per heavy atom. The second-order valence-electron chi connectivity index (χ2n) is 6.53. The molecule has 0 amide bonds. The van der Waals surface area contributed by atoms with E-state index in [2.05, 4.69) is 15.3 Å². The molecule has 1 saturated carbocycles. The number of aromatic amines is 1. The zero-order chi connectivity index (χ0) is 18.8. The summed E-state index contributed by atoms with van der Waals surface area (Å²) in [6, 6.07) is 3.81. The van der Waals surface area contributed by atoms with Gasteiger partial charge in [0.1, 0.15) is 5.82 Å². The maximum Gasteiger partial charge on any atom is 0.340 e. The van der Waals surface area contributed by atoms with Crippen LogP contribution in [-0.4, -0.2) is 40.2 Å². The Hall–Kier alpha value is -2.96. The van der Waals surface area contributed by atoms with Gasteiger partial charge in [0.15, 0.2) is 12.4 Å². The number of H-pyrrole nitrogens is 1. The molecule has 3 rings (SSSR count). The Labute approximate surface area is 151 Å². The fourth-order valence-corrected chi connectivity index (χ4v) is 2.88. The van der Waals surface area contributed by atoms with Gasteiger partial charge in [0.2, 0.25) is 5.78 Å². The number of ether oxygens (including phenoxy) is 1. The Morgan fingerprint density at radius 3 is 2.54 bits per heavy atom. The summed E-state index contributed by atoms with van der Waals surface area (Å²) in [4.78, 5) is 43.1. The minimum atomic E-state index is -0.614. The highest BCUT2D eigenvalue weighted by Gasteiger charge is 2.22. The van der Waals surface area contributed by atoms with E-state index in [1.165, 1.54) is 13.1 Å². The van der Waals surface area contributed by atoms with Crippen molar-refractivity contribution in [3.8, 4) is 0 Å². The van der Waals surface area contributed by atoms with Gasteiger partial charge in [-0.05, 0) is 51.3 Å². The lowest BCUT2D eigenvalue weighted by Crippen LogP contribution is -2.16. The van der Waals surface area contributed by atoms with Gasteiger partial charge in [-0.15, -0.1) is 0 Å². The first-order valence-electron chi connectivity index (χ1n) is 8.50. The molecule has 1 aliphatic carbocycles. The monoisotopic (exact) mass is 355 g/mol. The lowest BCUT2D eigenvalue weighted by atomic mass is 10.1. The van der Waals surface area contributed by atoms with E-state index >= 15 is 0 Å². The molecule has 0 aromatic carbocycles. The molecule has 2 heterocycles. The standard InChI is InChI=1S/C19H21N3O4/c1-10-17(12(3)23)11(2)21-18(10)15(24)9-26-19(25)13-4-7-16(20-8-13)22-14-5-6-14/h4,7-8,14,21H,5-6,9H2,1-3H3,(H,20,22). The predicted molar refractivity (Wildman–Crippen MR) is 95.8 cm³/mol. The van der Waals surface area contributed by atoms with Crippen LogP contribution in [0.15, 0.2) is 18.3 Å². The minimum absolute atomic E-state index is 0.113. The van der Waals surface area contributed by atoms with E-state index in [1.807, 2.05) is 0 Å². The lowest BCUT2D eigenvalue weighted by Gasteiger charge is -2.06. The third-order valence-electron chi connectivity index (χ3n) is 4.33. The number of rotatable bonds is 7. The van der Waals surface area contributed by atoms with Crippen molar-refractivity contribution in [2.45, 2.75) is 39.7 Å². The fraction of sp³-hybridized carbons (Fsp3) is 0.368. The molecule has 0 atom stereocenters. The van der Waals surface area contributed by atoms with Crippen molar-refractivity contribution < 1.29 is 19.1 Å². The summed E-state index contributed by atoms with van der Waals surface area (Å²) >= 11 is 0. The number of hydrogen-bond donors (Lipinski definition) is 2. The summed E-state index contributed by atoms with van der Waals surface area (Å²) in [7, 11) is 0. The van der Waals surface area contributed by atoms with E-state index in [0.717, 1.165) is 18.7 Å². The summed E-state index contributed by atoms with van der Waals surface area (Å²) in [6.45, 7) is 4.48. The molecule has 0 radical (unpaired) electrons. The zero-order valence-corrected chi connectivity index (χ0v) is 15.0. The molecule has 1 fully saturated rings. The van der Waals surface area contributed by atoms with Crippen LogP contribution in [0.1, 0.15) is 62.2 Å². The highest BCUT2D eigenvalue weighted by atomic mass is 16.5. The SMILES string of the molecule is CC(=O)c1c(C)[nH]c(C(=O)COC(=O)c2ccc(NC3CC3)nc2)c1C. The number of esters is 1. The second kappa shape index (κ2) is 7.11. The summed E-state index contributed by atoms with van der Waals surface area (Å²) in [5.41, 5.74) is 2.29. The third-order valence-corrected chi connectivity index (χ3v) is 4.33. The number of carbonyl (C=O) groups is 3.